The van der Waals surface area contributed by atoms with Gasteiger partial charge in [-0.15, -0.1) is 0 Å². The molecule has 0 aromatic heterocycles. The van der Waals surface area contributed by atoms with E-state index in [9.17, 15) is 27.6 Å². The molecule has 0 fully saturated rings. The van der Waals surface area contributed by atoms with Gasteiger partial charge in [0.1, 0.15) is 11.2 Å². The highest BCUT2D eigenvalue weighted by Gasteiger charge is 2.43. The number of rotatable bonds is 4. The van der Waals surface area contributed by atoms with E-state index in [-0.39, 0.29) is 33.5 Å². The summed E-state index contributed by atoms with van der Waals surface area (Å²) in [4.78, 5) is 53.0. The molecule has 220 valence electrons. The van der Waals surface area contributed by atoms with Crippen LogP contribution in [0, 0.1) is 6.92 Å². The monoisotopic (exact) mass is 584 g/mol. The van der Waals surface area contributed by atoms with E-state index in [2.05, 4.69) is 0 Å². The summed E-state index contributed by atoms with van der Waals surface area (Å²) in [5.41, 5.74) is 1.96. The van der Waals surface area contributed by atoms with E-state index in [0.717, 1.165) is 11.1 Å². The number of imide groups is 1. The van der Waals surface area contributed by atoms with Gasteiger partial charge in [0, 0.05) is 23.7 Å². The number of carbonyl (C=O) groups is 4. The van der Waals surface area contributed by atoms with Crippen LogP contribution in [0.15, 0.2) is 35.2 Å². The van der Waals surface area contributed by atoms with Crippen molar-refractivity contribution in [3.05, 3.63) is 63.7 Å². The number of benzene rings is 2. The third-order valence-electron chi connectivity index (χ3n) is 6.78. The molecule has 1 unspecified atom stereocenters. The second-order valence-corrected chi connectivity index (χ2v) is 14.3. The van der Waals surface area contributed by atoms with Gasteiger partial charge in [0.05, 0.1) is 4.90 Å². The van der Waals surface area contributed by atoms with E-state index in [0.29, 0.717) is 35.1 Å². The maximum Gasteiger partial charge on any atom is 0.434 e. The predicted octanol–water partition coefficient (Wildman–Crippen LogP) is 5.18. The molecule has 2 aliphatic rings. The summed E-state index contributed by atoms with van der Waals surface area (Å²) in [5, 5.41) is 0. The van der Waals surface area contributed by atoms with Crippen molar-refractivity contribution < 1.29 is 37.1 Å². The van der Waals surface area contributed by atoms with Crippen LogP contribution >= 0.6 is 0 Å². The highest BCUT2D eigenvalue weighted by atomic mass is 32.2. The molecule has 0 saturated carbocycles. The summed E-state index contributed by atoms with van der Waals surface area (Å²) in [7, 11) is -4.71. The van der Waals surface area contributed by atoms with Gasteiger partial charge in [0.15, 0.2) is 5.78 Å². The van der Waals surface area contributed by atoms with Gasteiger partial charge < -0.3 is 14.4 Å². The van der Waals surface area contributed by atoms with Gasteiger partial charge in [0.25, 0.3) is 15.9 Å². The second-order valence-electron chi connectivity index (χ2n) is 12.6. The number of amides is 3. The molecule has 1 aliphatic heterocycles. The molecule has 1 aliphatic carbocycles. The average Bonchev–Trinajstić information content (AvgIpc) is 3.36. The van der Waals surface area contributed by atoms with Gasteiger partial charge in [-0.2, -0.15) is 0 Å². The van der Waals surface area contributed by atoms with Crippen molar-refractivity contribution in [1.29, 1.82) is 0 Å². The number of fused-ring (bicyclic) bond motifs is 2. The Labute approximate surface area is 240 Å². The SMILES string of the molecule is CC(=O)c1cc(C)cc2c1CN(C1Cc3ccc(S(=O)(=O)N(C(=O)OC(C)(C)C)C(=O)OC(C)(C)C)cc3C1)C2=O. The van der Waals surface area contributed by atoms with Crippen LogP contribution in [-0.2, 0) is 38.9 Å². The molecule has 3 amide bonds. The highest BCUT2D eigenvalue weighted by Crippen LogP contribution is 2.35. The van der Waals surface area contributed by atoms with E-state index < -0.39 is 33.4 Å². The van der Waals surface area contributed by atoms with Crippen LogP contribution in [0.5, 0.6) is 0 Å². The Kier molecular flexibility index (Phi) is 7.58. The first kappa shape index (κ1) is 30.2. The van der Waals surface area contributed by atoms with E-state index in [1.807, 2.05) is 6.92 Å². The minimum atomic E-state index is -4.71. The van der Waals surface area contributed by atoms with Crippen LogP contribution in [0.25, 0.3) is 0 Å². The maximum atomic E-state index is 13.7. The Balaban J connectivity index is 1.63. The Morgan fingerprint density at radius 3 is 2.00 bits per heavy atom. The first-order valence-corrected chi connectivity index (χ1v) is 14.8. The van der Waals surface area contributed by atoms with Gasteiger partial charge in [-0.25, -0.2) is 18.0 Å². The van der Waals surface area contributed by atoms with Crippen molar-refractivity contribution in [2.75, 3.05) is 0 Å². The lowest BCUT2D eigenvalue weighted by molar-refractivity contribution is 0.0173. The molecule has 0 saturated heterocycles. The smallest absolute Gasteiger partial charge is 0.434 e. The number of ether oxygens (including phenoxy) is 2. The summed E-state index contributed by atoms with van der Waals surface area (Å²) in [6, 6.07) is 7.71. The number of sulfonamides is 1. The Morgan fingerprint density at radius 1 is 0.902 bits per heavy atom. The van der Waals surface area contributed by atoms with Crippen molar-refractivity contribution in [2.45, 2.75) is 96.9 Å². The highest BCUT2D eigenvalue weighted by molar-refractivity contribution is 7.90. The topological polar surface area (TPSA) is 127 Å². The molecule has 41 heavy (non-hydrogen) atoms. The van der Waals surface area contributed by atoms with Gasteiger partial charge in [0.2, 0.25) is 0 Å². The average molecular weight is 585 g/mol. The van der Waals surface area contributed by atoms with Crippen molar-refractivity contribution >= 4 is 33.9 Å². The maximum absolute atomic E-state index is 13.7. The number of Topliss-reactive ketones (excluding diaryl/α,β-unsaturated/α-hetero) is 1. The quantitative estimate of drug-likeness (QED) is 0.450. The molecule has 1 atom stereocenters. The van der Waals surface area contributed by atoms with Crippen molar-refractivity contribution in [1.82, 2.24) is 9.21 Å². The van der Waals surface area contributed by atoms with E-state index >= 15 is 0 Å². The number of nitrogens with zero attached hydrogens (tertiary/aromatic N) is 2. The third-order valence-corrected chi connectivity index (χ3v) is 8.41. The molecule has 2 aromatic carbocycles. The molecule has 0 spiro atoms. The zero-order chi connectivity index (χ0) is 30.7. The van der Waals surface area contributed by atoms with Crippen LogP contribution in [0.4, 0.5) is 9.59 Å². The summed E-state index contributed by atoms with van der Waals surface area (Å²) < 4.78 is 37.9. The number of hydrogen-bond acceptors (Lipinski definition) is 8. The summed E-state index contributed by atoms with van der Waals surface area (Å²) in [5.74, 6) is -0.276. The fourth-order valence-corrected chi connectivity index (χ4v) is 6.33. The predicted molar refractivity (Wildman–Crippen MR) is 150 cm³/mol. The van der Waals surface area contributed by atoms with Crippen LogP contribution in [0.1, 0.15) is 91.4 Å². The zero-order valence-corrected chi connectivity index (χ0v) is 25.5. The van der Waals surface area contributed by atoms with Crippen molar-refractivity contribution in [2.24, 2.45) is 0 Å². The number of hydrogen-bond donors (Lipinski definition) is 0. The molecular weight excluding hydrogens is 548 g/mol. The minimum absolute atomic E-state index is 0.0178. The number of aryl methyl sites for hydroxylation is 1. The normalized spacial score (nSPS) is 16.7. The Morgan fingerprint density at radius 2 is 1.46 bits per heavy atom. The number of carbonyl (C=O) groups excluding carboxylic acids is 4. The summed E-state index contributed by atoms with van der Waals surface area (Å²) >= 11 is 0. The summed E-state index contributed by atoms with van der Waals surface area (Å²) in [6.07, 6.45) is -1.89. The van der Waals surface area contributed by atoms with Crippen molar-refractivity contribution in [3.8, 4) is 0 Å². The molecule has 10 nitrogen and oxygen atoms in total. The summed E-state index contributed by atoms with van der Waals surface area (Å²) in [6.45, 7) is 12.9. The molecule has 0 radical (unpaired) electrons. The zero-order valence-electron chi connectivity index (χ0n) is 24.7. The lowest BCUT2D eigenvalue weighted by Gasteiger charge is -2.28. The second kappa shape index (κ2) is 10.3. The molecular formula is C30H36N2O8S. The third kappa shape index (κ3) is 6.14. The fraction of sp³-hybridized carbons (Fsp3) is 0.467. The lowest BCUT2D eigenvalue weighted by Crippen LogP contribution is -2.46. The standard InChI is InChI=1S/C30H36N2O8S/c1-17-11-23(18(2)33)25-16-31(26(34)24(25)12-17)21-13-19-9-10-22(15-20(19)14-21)41(37,38)32(27(35)39-29(3,4)5)28(36)40-30(6,7)8/h9-12,15,21H,13-14,16H2,1-8H3. The van der Waals surface area contributed by atoms with Gasteiger partial charge in [-0.1, -0.05) is 10.4 Å². The number of ketones is 1. The first-order chi connectivity index (χ1) is 18.8. The molecule has 0 bridgehead atoms. The van der Waals surface area contributed by atoms with Crippen LogP contribution < -0.4 is 0 Å². The molecule has 4 rings (SSSR count). The van der Waals surface area contributed by atoms with Crippen LogP contribution in [0.2, 0.25) is 0 Å². The van der Waals surface area contributed by atoms with Gasteiger partial charge in [-0.3, -0.25) is 9.59 Å². The fourth-order valence-electron chi connectivity index (χ4n) is 5.12. The molecule has 11 heteroatoms. The largest absolute Gasteiger partial charge is 0.443 e. The van der Waals surface area contributed by atoms with E-state index in [1.165, 1.54) is 19.1 Å². The lowest BCUT2D eigenvalue weighted by atomic mass is 9.98. The minimum Gasteiger partial charge on any atom is -0.443 e. The Bertz CT molecular complexity index is 1540. The van der Waals surface area contributed by atoms with E-state index in [1.54, 1.807) is 64.6 Å². The molecule has 0 N–H and O–H groups in total. The first-order valence-electron chi connectivity index (χ1n) is 13.4. The molecule has 1 heterocycles. The van der Waals surface area contributed by atoms with Crippen LogP contribution in [-0.4, -0.2) is 58.7 Å². The van der Waals surface area contributed by atoms with E-state index in [4.69, 9.17) is 9.47 Å². The van der Waals surface area contributed by atoms with Crippen molar-refractivity contribution in [3.63, 3.8) is 0 Å². The Hall–Kier alpha value is -3.73. The van der Waals surface area contributed by atoms with Gasteiger partial charge >= 0.3 is 12.2 Å². The van der Waals surface area contributed by atoms with Crippen LogP contribution in [0.3, 0.4) is 0 Å². The van der Waals surface area contributed by atoms with Gasteiger partial charge in [-0.05, 0) is 115 Å². The molecule has 2 aromatic rings.